The van der Waals surface area contributed by atoms with Gasteiger partial charge in [-0.05, 0) is 81.4 Å². The third kappa shape index (κ3) is 5.16. The Morgan fingerprint density at radius 2 is 1.41 bits per heavy atom. The van der Waals surface area contributed by atoms with Gasteiger partial charge in [0.2, 0.25) is 5.58 Å². The largest absolute Gasteiger partial charge is 0.452 e. The average molecular weight is 614 g/mol. The summed E-state index contributed by atoms with van der Waals surface area (Å²) in [6.07, 6.45) is 3.40. The zero-order valence-corrected chi connectivity index (χ0v) is 27.9. The number of para-hydroxylation sites is 2. The fourth-order valence-corrected chi connectivity index (χ4v) is 6.94. The van der Waals surface area contributed by atoms with Gasteiger partial charge in [-0.3, -0.25) is 10.2 Å². The van der Waals surface area contributed by atoms with Crippen LogP contribution in [0.3, 0.4) is 0 Å². The topological polar surface area (TPSA) is 54.0 Å². The Balaban J connectivity index is 1.57. The molecule has 5 aromatic carbocycles. The third-order valence-corrected chi connectivity index (χ3v) is 9.14. The second kappa shape index (κ2) is 11.7. The molecule has 1 atom stereocenters. The first-order valence-corrected chi connectivity index (χ1v) is 16.3. The summed E-state index contributed by atoms with van der Waals surface area (Å²) in [5.74, 6) is 1.36. The molecular weight excluding hydrogens is 570 g/mol. The molecular formula is C40H43N3O3. The molecule has 6 nitrogen and oxygen atoms in total. The molecule has 46 heavy (non-hydrogen) atoms. The van der Waals surface area contributed by atoms with Gasteiger partial charge in [-0.1, -0.05) is 74.0 Å². The van der Waals surface area contributed by atoms with Gasteiger partial charge in [0, 0.05) is 41.5 Å². The van der Waals surface area contributed by atoms with E-state index in [9.17, 15) is 0 Å². The van der Waals surface area contributed by atoms with E-state index in [0.29, 0.717) is 16.9 Å². The van der Waals surface area contributed by atoms with Crippen LogP contribution in [0.4, 0.5) is 5.69 Å². The first-order valence-electron chi connectivity index (χ1n) is 16.3. The summed E-state index contributed by atoms with van der Waals surface area (Å²) in [4.78, 5) is 4.34. The molecule has 0 saturated heterocycles. The highest BCUT2D eigenvalue weighted by Gasteiger charge is 2.44. The minimum Gasteiger partial charge on any atom is -0.452 e. The Kier molecular flexibility index (Phi) is 7.66. The zero-order valence-electron chi connectivity index (χ0n) is 27.9. The van der Waals surface area contributed by atoms with Crippen LogP contribution in [0.5, 0.6) is 11.5 Å². The van der Waals surface area contributed by atoms with Gasteiger partial charge in [0.15, 0.2) is 11.3 Å². The lowest BCUT2D eigenvalue weighted by molar-refractivity contribution is 0.223. The van der Waals surface area contributed by atoms with E-state index in [2.05, 4.69) is 113 Å². The maximum absolute atomic E-state index is 7.00. The van der Waals surface area contributed by atoms with Crippen LogP contribution < -0.4 is 15.0 Å². The van der Waals surface area contributed by atoms with E-state index in [0.717, 1.165) is 56.3 Å². The SMILES string of the molecule is CCCCc1ccc2cc(Oc3c(N(C)C)c4c(c5oc6ccccc6c6ccccc6oc35)C(C)(C)NC4N(C)C)ccc2c1. The van der Waals surface area contributed by atoms with Gasteiger partial charge in [0.1, 0.15) is 16.9 Å². The second-order valence-corrected chi connectivity index (χ2v) is 13.4. The molecule has 1 aromatic heterocycles. The number of hydrogen-bond acceptors (Lipinski definition) is 6. The Morgan fingerprint density at radius 1 is 0.783 bits per heavy atom. The van der Waals surface area contributed by atoms with Crippen molar-refractivity contribution in [2.75, 3.05) is 33.1 Å². The van der Waals surface area contributed by atoms with E-state index in [1.807, 2.05) is 36.4 Å². The van der Waals surface area contributed by atoms with Crippen molar-refractivity contribution < 1.29 is 13.6 Å². The zero-order chi connectivity index (χ0) is 32.2. The van der Waals surface area contributed by atoms with Crippen LogP contribution in [-0.4, -0.2) is 33.1 Å². The van der Waals surface area contributed by atoms with Crippen molar-refractivity contribution in [1.82, 2.24) is 10.2 Å². The number of unbranched alkanes of at least 4 members (excludes halogenated alkanes) is 1. The highest BCUT2D eigenvalue weighted by atomic mass is 16.5. The summed E-state index contributed by atoms with van der Waals surface area (Å²) in [5.41, 5.74) is 6.83. The molecule has 0 radical (unpaired) electrons. The highest BCUT2D eigenvalue weighted by molar-refractivity contribution is 6.03. The van der Waals surface area contributed by atoms with Crippen LogP contribution >= 0.6 is 0 Å². The molecule has 0 bridgehead atoms. The predicted octanol–water partition coefficient (Wildman–Crippen LogP) is 10.2. The van der Waals surface area contributed by atoms with E-state index in [4.69, 9.17) is 13.6 Å². The van der Waals surface area contributed by atoms with E-state index in [-0.39, 0.29) is 6.17 Å². The molecule has 0 saturated carbocycles. The molecule has 1 aliphatic rings. The maximum atomic E-state index is 7.00. The predicted molar refractivity (Wildman–Crippen MR) is 191 cm³/mol. The lowest BCUT2D eigenvalue weighted by Gasteiger charge is -2.27. The molecule has 2 heterocycles. The first kappa shape index (κ1) is 30.2. The number of fused-ring (bicyclic) bond motifs is 7. The number of nitrogens with one attached hydrogen (secondary N) is 1. The van der Waals surface area contributed by atoms with Crippen LogP contribution in [0, 0.1) is 0 Å². The van der Waals surface area contributed by atoms with Crippen LogP contribution in [0.25, 0.3) is 43.9 Å². The van der Waals surface area contributed by atoms with Gasteiger partial charge in [-0.25, -0.2) is 0 Å². The van der Waals surface area contributed by atoms with E-state index in [1.165, 1.54) is 23.8 Å². The summed E-state index contributed by atoms with van der Waals surface area (Å²) in [6, 6.07) is 29.4. The number of ether oxygens (including phenoxy) is 1. The van der Waals surface area contributed by atoms with E-state index in [1.54, 1.807) is 0 Å². The normalized spacial score (nSPS) is 15.6. The van der Waals surface area contributed by atoms with Crippen LogP contribution in [-0.2, 0) is 12.0 Å². The monoisotopic (exact) mass is 613 g/mol. The summed E-state index contributed by atoms with van der Waals surface area (Å²) < 4.78 is 21.0. The number of aryl methyl sites for hydroxylation is 1. The van der Waals surface area contributed by atoms with Gasteiger partial charge in [-0.15, -0.1) is 0 Å². The minimum absolute atomic E-state index is 0.0789. The average Bonchev–Trinajstić information content (AvgIpc) is 3.31. The van der Waals surface area contributed by atoms with Crippen molar-refractivity contribution in [3.8, 4) is 11.5 Å². The van der Waals surface area contributed by atoms with E-state index >= 15 is 0 Å². The Bertz CT molecular complexity index is 2150. The molecule has 236 valence electrons. The second-order valence-electron chi connectivity index (χ2n) is 13.4. The standard InChI is InChI=1S/C40H43N3O3/c1-8-9-14-25-19-20-27-24-28(22-21-26(27)23-25)44-37-35(42(4)5)33-34(40(2,3)41-39(33)43(6)7)36-38(37)46-32-18-13-11-16-30(32)29-15-10-12-17-31(29)45-36/h10-13,15-24,39,41H,8-9,14H2,1-7H3. The van der Waals surface area contributed by atoms with Gasteiger partial charge in [0.25, 0.3) is 0 Å². The third-order valence-electron chi connectivity index (χ3n) is 9.14. The molecule has 0 amide bonds. The molecule has 7 rings (SSSR count). The van der Waals surface area contributed by atoms with Crippen molar-refractivity contribution in [2.45, 2.75) is 51.7 Å². The van der Waals surface area contributed by atoms with Gasteiger partial charge < -0.3 is 18.5 Å². The summed E-state index contributed by atoms with van der Waals surface area (Å²) >= 11 is 0. The van der Waals surface area contributed by atoms with Gasteiger partial charge in [0.05, 0.1) is 11.9 Å². The number of rotatable bonds is 7. The molecule has 1 unspecified atom stereocenters. The van der Waals surface area contributed by atoms with Crippen molar-refractivity contribution in [3.63, 3.8) is 0 Å². The number of nitrogens with zero attached hydrogens (tertiary/aromatic N) is 2. The van der Waals surface area contributed by atoms with Crippen molar-refractivity contribution in [1.29, 1.82) is 0 Å². The van der Waals surface area contributed by atoms with Crippen LogP contribution in [0.1, 0.15) is 56.5 Å². The van der Waals surface area contributed by atoms with Gasteiger partial charge >= 0.3 is 0 Å². The minimum atomic E-state index is -0.424. The Hall–Kier alpha value is -4.52. The van der Waals surface area contributed by atoms with E-state index < -0.39 is 5.54 Å². The molecule has 6 aromatic rings. The fraction of sp³-hybridized carbons (Fsp3) is 0.300. The number of hydrogen-bond donors (Lipinski definition) is 1. The summed E-state index contributed by atoms with van der Waals surface area (Å²) in [6.45, 7) is 6.64. The number of benzene rings is 5. The summed E-state index contributed by atoms with van der Waals surface area (Å²) in [7, 11) is 8.33. The smallest absolute Gasteiger partial charge is 0.214 e. The molecule has 6 heteroatoms. The number of anilines is 1. The maximum Gasteiger partial charge on any atom is 0.214 e. The van der Waals surface area contributed by atoms with Gasteiger partial charge in [-0.2, -0.15) is 0 Å². The quantitative estimate of drug-likeness (QED) is 0.193. The Labute approximate surface area is 270 Å². The summed E-state index contributed by atoms with van der Waals surface area (Å²) in [5, 5.41) is 8.16. The molecule has 0 fully saturated rings. The highest BCUT2D eigenvalue weighted by Crippen LogP contribution is 2.53. The molecule has 0 aliphatic carbocycles. The van der Waals surface area contributed by atoms with Crippen molar-refractivity contribution in [3.05, 3.63) is 102 Å². The lowest BCUT2D eigenvalue weighted by atomic mass is 9.91. The fourth-order valence-electron chi connectivity index (χ4n) is 6.94. The lowest BCUT2D eigenvalue weighted by Crippen LogP contribution is -2.37. The first-order chi connectivity index (χ1) is 22.2. The molecule has 1 N–H and O–H groups in total. The van der Waals surface area contributed by atoms with Crippen LogP contribution in [0.2, 0.25) is 0 Å². The van der Waals surface area contributed by atoms with Crippen LogP contribution in [0.15, 0.2) is 93.8 Å². The Morgan fingerprint density at radius 3 is 2.07 bits per heavy atom. The molecule has 0 spiro atoms. The molecule has 1 aliphatic heterocycles. The van der Waals surface area contributed by atoms with Crippen molar-refractivity contribution >= 4 is 49.6 Å². The van der Waals surface area contributed by atoms with Crippen molar-refractivity contribution in [2.24, 2.45) is 0 Å².